The Balaban J connectivity index is 1.61. The van der Waals surface area contributed by atoms with Gasteiger partial charge >= 0.3 is 0 Å². The van der Waals surface area contributed by atoms with E-state index in [1.807, 2.05) is 19.1 Å². The van der Waals surface area contributed by atoms with Gasteiger partial charge < -0.3 is 10.1 Å². The number of aryl methyl sites for hydroxylation is 2. The molecule has 2 aromatic carbocycles. The summed E-state index contributed by atoms with van der Waals surface area (Å²) in [5.74, 6) is 0.447. The van der Waals surface area contributed by atoms with Crippen molar-refractivity contribution < 1.29 is 17.9 Å². The number of amides is 1. The third-order valence-electron chi connectivity index (χ3n) is 4.95. The molecule has 7 heteroatoms. The Kier molecular flexibility index (Phi) is 6.92. The van der Waals surface area contributed by atoms with E-state index in [2.05, 4.69) is 10.0 Å². The second-order valence-electron chi connectivity index (χ2n) is 7.52. The normalized spacial score (nSPS) is 13.9. The van der Waals surface area contributed by atoms with Crippen LogP contribution >= 0.6 is 0 Å². The molecule has 29 heavy (non-hydrogen) atoms. The molecule has 0 radical (unpaired) electrons. The van der Waals surface area contributed by atoms with Crippen LogP contribution in [0.2, 0.25) is 0 Å². The van der Waals surface area contributed by atoms with Gasteiger partial charge in [0.1, 0.15) is 0 Å². The van der Waals surface area contributed by atoms with Crippen LogP contribution < -0.4 is 10.0 Å². The number of rotatable bonds is 10. The van der Waals surface area contributed by atoms with Gasteiger partial charge in [0.2, 0.25) is 0 Å². The van der Waals surface area contributed by atoms with Gasteiger partial charge in [0.25, 0.3) is 15.9 Å². The highest BCUT2D eigenvalue weighted by molar-refractivity contribution is 7.92. The van der Waals surface area contributed by atoms with Crippen LogP contribution in [0.1, 0.15) is 40.7 Å². The van der Waals surface area contributed by atoms with Crippen LogP contribution in [0.3, 0.4) is 0 Å². The second-order valence-corrected chi connectivity index (χ2v) is 9.21. The summed E-state index contributed by atoms with van der Waals surface area (Å²) in [4.78, 5) is 12.6. The maximum atomic E-state index is 12.8. The highest BCUT2D eigenvalue weighted by Crippen LogP contribution is 2.28. The van der Waals surface area contributed by atoms with Crippen molar-refractivity contribution in [2.24, 2.45) is 5.92 Å². The average molecular weight is 417 g/mol. The van der Waals surface area contributed by atoms with Gasteiger partial charge in [0.05, 0.1) is 10.6 Å². The number of nitrogens with one attached hydrogen (secondary N) is 2. The van der Waals surface area contributed by atoms with Crippen LogP contribution in [-0.2, 0) is 14.8 Å². The number of hydrogen-bond acceptors (Lipinski definition) is 4. The molecule has 1 aliphatic carbocycles. The van der Waals surface area contributed by atoms with Crippen molar-refractivity contribution in [3.63, 3.8) is 0 Å². The molecule has 3 rings (SSSR count). The van der Waals surface area contributed by atoms with Crippen LogP contribution in [0.4, 0.5) is 5.69 Å². The minimum Gasteiger partial charge on any atom is -0.381 e. The Labute approximate surface area is 172 Å². The molecule has 1 amide bonds. The first-order valence-corrected chi connectivity index (χ1v) is 11.4. The molecule has 1 fully saturated rings. The Morgan fingerprint density at radius 2 is 1.86 bits per heavy atom. The van der Waals surface area contributed by atoms with Gasteiger partial charge in [-0.1, -0.05) is 24.3 Å². The SMILES string of the molecule is Cc1ccccc1NS(=O)(=O)c1ccc(C)c(C(=O)NCCCOCC2CC2)c1. The molecule has 0 aliphatic heterocycles. The lowest BCUT2D eigenvalue weighted by Crippen LogP contribution is -2.26. The van der Waals surface area contributed by atoms with Gasteiger partial charge in [-0.2, -0.15) is 0 Å². The van der Waals surface area contributed by atoms with Crippen molar-refractivity contribution in [2.75, 3.05) is 24.5 Å². The van der Waals surface area contributed by atoms with Gasteiger partial charge in [-0.3, -0.25) is 9.52 Å². The molecule has 2 aromatic rings. The van der Waals surface area contributed by atoms with E-state index in [0.29, 0.717) is 24.4 Å². The second kappa shape index (κ2) is 9.41. The molecule has 0 saturated heterocycles. The molecule has 0 spiro atoms. The van der Waals surface area contributed by atoms with Gasteiger partial charge in [0, 0.05) is 25.3 Å². The Bertz CT molecular complexity index is 969. The zero-order valence-corrected chi connectivity index (χ0v) is 17.7. The number of para-hydroxylation sites is 1. The first-order valence-electron chi connectivity index (χ1n) is 9.92. The number of anilines is 1. The molecule has 0 aromatic heterocycles. The maximum Gasteiger partial charge on any atom is 0.261 e. The Morgan fingerprint density at radius 3 is 2.59 bits per heavy atom. The highest BCUT2D eigenvalue weighted by atomic mass is 32.2. The van der Waals surface area contributed by atoms with E-state index >= 15 is 0 Å². The maximum absolute atomic E-state index is 12.8. The van der Waals surface area contributed by atoms with Crippen LogP contribution in [0.15, 0.2) is 47.4 Å². The fraction of sp³-hybridized carbons (Fsp3) is 0.409. The summed E-state index contributed by atoms with van der Waals surface area (Å²) >= 11 is 0. The Morgan fingerprint density at radius 1 is 1.10 bits per heavy atom. The van der Waals surface area contributed by atoms with Crippen LogP contribution in [0, 0.1) is 19.8 Å². The minimum absolute atomic E-state index is 0.0595. The molecule has 1 saturated carbocycles. The fourth-order valence-electron chi connectivity index (χ4n) is 2.91. The smallest absolute Gasteiger partial charge is 0.261 e. The summed E-state index contributed by atoms with van der Waals surface area (Å²) in [6, 6.07) is 11.7. The van der Waals surface area contributed by atoms with Crippen molar-refractivity contribution in [1.29, 1.82) is 0 Å². The number of carbonyl (C=O) groups is 1. The molecule has 2 N–H and O–H groups in total. The highest BCUT2D eigenvalue weighted by Gasteiger charge is 2.21. The molecule has 6 nitrogen and oxygen atoms in total. The zero-order chi connectivity index (χ0) is 20.9. The van der Waals surface area contributed by atoms with Crippen LogP contribution in [-0.4, -0.2) is 34.1 Å². The van der Waals surface area contributed by atoms with Gasteiger partial charge in [-0.25, -0.2) is 8.42 Å². The summed E-state index contributed by atoms with van der Waals surface area (Å²) < 4.78 is 33.7. The van der Waals surface area contributed by atoms with Gasteiger partial charge in [-0.15, -0.1) is 0 Å². The fourth-order valence-corrected chi connectivity index (χ4v) is 4.07. The third kappa shape index (κ3) is 6.05. The van der Waals surface area contributed by atoms with Crippen molar-refractivity contribution in [2.45, 2.75) is 38.0 Å². The molecule has 1 aliphatic rings. The first-order chi connectivity index (χ1) is 13.9. The summed E-state index contributed by atoms with van der Waals surface area (Å²) in [5, 5.41) is 2.85. The van der Waals surface area contributed by atoms with E-state index in [1.54, 1.807) is 25.1 Å². The first kappa shape index (κ1) is 21.3. The summed E-state index contributed by atoms with van der Waals surface area (Å²) in [7, 11) is -3.79. The van der Waals surface area contributed by atoms with Crippen molar-refractivity contribution in [3.8, 4) is 0 Å². The predicted molar refractivity (Wildman–Crippen MR) is 114 cm³/mol. The lowest BCUT2D eigenvalue weighted by atomic mass is 10.1. The number of ether oxygens (including phenoxy) is 1. The number of sulfonamides is 1. The van der Waals surface area contributed by atoms with E-state index < -0.39 is 10.0 Å². The number of carbonyl (C=O) groups excluding carboxylic acids is 1. The van der Waals surface area contributed by atoms with E-state index in [-0.39, 0.29) is 10.8 Å². The van der Waals surface area contributed by atoms with E-state index in [9.17, 15) is 13.2 Å². The van der Waals surface area contributed by atoms with E-state index in [0.717, 1.165) is 30.1 Å². The summed E-state index contributed by atoms with van der Waals surface area (Å²) in [6.45, 7) is 5.53. The van der Waals surface area contributed by atoms with Crippen molar-refractivity contribution in [1.82, 2.24) is 5.32 Å². The third-order valence-corrected chi connectivity index (χ3v) is 6.32. The molecule has 0 heterocycles. The zero-order valence-electron chi connectivity index (χ0n) is 16.9. The molecule has 0 atom stereocenters. The lowest BCUT2D eigenvalue weighted by molar-refractivity contribution is 0.0936. The number of benzene rings is 2. The molecule has 0 bridgehead atoms. The molecule has 156 valence electrons. The van der Waals surface area contributed by atoms with E-state index in [1.165, 1.54) is 25.0 Å². The van der Waals surface area contributed by atoms with Crippen molar-refractivity contribution in [3.05, 3.63) is 59.2 Å². The topological polar surface area (TPSA) is 84.5 Å². The molecular formula is C22H28N2O4S. The van der Waals surface area contributed by atoms with Crippen LogP contribution in [0.25, 0.3) is 0 Å². The summed E-state index contributed by atoms with van der Waals surface area (Å²) in [5.41, 5.74) is 2.43. The van der Waals surface area contributed by atoms with Gasteiger partial charge in [0.15, 0.2) is 0 Å². The minimum atomic E-state index is -3.79. The lowest BCUT2D eigenvalue weighted by Gasteiger charge is -2.13. The van der Waals surface area contributed by atoms with Gasteiger partial charge in [-0.05, 0) is 68.4 Å². The van der Waals surface area contributed by atoms with Crippen molar-refractivity contribution >= 4 is 21.6 Å². The average Bonchev–Trinajstić information content (AvgIpc) is 3.50. The largest absolute Gasteiger partial charge is 0.381 e. The summed E-state index contributed by atoms with van der Waals surface area (Å²) in [6.07, 6.45) is 3.24. The predicted octanol–water partition coefficient (Wildman–Crippen LogP) is 3.65. The molecule has 0 unspecified atom stereocenters. The Hall–Kier alpha value is -2.38. The monoisotopic (exact) mass is 416 g/mol. The van der Waals surface area contributed by atoms with Crippen LogP contribution in [0.5, 0.6) is 0 Å². The number of hydrogen-bond donors (Lipinski definition) is 2. The standard InChI is InChI=1S/C22H28N2O4S/c1-16-8-11-19(29(26,27)24-21-7-4-3-6-17(21)2)14-20(16)22(25)23-12-5-13-28-15-18-9-10-18/h3-4,6-8,11,14,18,24H,5,9-10,12-13,15H2,1-2H3,(H,23,25). The molecular weight excluding hydrogens is 388 g/mol. The quantitative estimate of drug-likeness (QED) is 0.579. The van der Waals surface area contributed by atoms with E-state index in [4.69, 9.17) is 4.74 Å².